The van der Waals surface area contributed by atoms with E-state index >= 15 is 0 Å². The van der Waals surface area contributed by atoms with Crippen molar-refractivity contribution in [2.75, 3.05) is 6.61 Å². The van der Waals surface area contributed by atoms with Crippen molar-refractivity contribution < 1.29 is 19.0 Å². The zero-order chi connectivity index (χ0) is 21.8. The number of rotatable bonds is 13. The summed E-state index contributed by atoms with van der Waals surface area (Å²) in [6, 6.07) is 14.3. The summed E-state index contributed by atoms with van der Waals surface area (Å²) in [5, 5.41) is 0. The maximum Gasteiger partial charge on any atom is 0.343 e. The molecule has 0 aromatic heterocycles. The molecule has 0 N–H and O–H groups in total. The highest BCUT2D eigenvalue weighted by molar-refractivity contribution is 5.91. The summed E-state index contributed by atoms with van der Waals surface area (Å²) >= 11 is 0. The van der Waals surface area contributed by atoms with E-state index in [-0.39, 0.29) is 12.1 Å². The number of ether oxygens (including phenoxy) is 3. The number of unbranched alkanes of at least 4 members (excludes halogenated alkanes) is 3. The maximum atomic E-state index is 12.4. The Bertz CT molecular complexity index is 737. The summed E-state index contributed by atoms with van der Waals surface area (Å²) in [5.41, 5.74) is 0.495. The van der Waals surface area contributed by atoms with Crippen molar-refractivity contribution in [1.82, 2.24) is 0 Å². The van der Waals surface area contributed by atoms with Crippen LogP contribution in [-0.4, -0.2) is 18.7 Å². The molecule has 0 saturated carbocycles. The number of carbonyl (C=O) groups excluding carboxylic acids is 1. The van der Waals surface area contributed by atoms with Crippen LogP contribution in [0.5, 0.6) is 17.2 Å². The quantitative estimate of drug-likeness (QED) is 0.200. The highest BCUT2D eigenvalue weighted by Gasteiger charge is 2.10. The van der Waals surface area contributed by atoms with Crippen molar-refractivity contribution in [2.24, 2.45) is 5.92 Å². The molecule has 0 aliphatic heterocycles. The molecule has 2 atom stereocenters. The summed E-state index contributed by atoms with van der Waals surface area (Å²) < 4.78 is 17.1. The molecule has 0 heterocycles. The molecule has 0 amide bonds. The lowest BCUT2D eigenvalue weighted by atomic mass is 10.1. The van der Waals surface area contributed by atoms with Gasteiger partial charge in [0.2, 0.25) is 0 Å². The van der Waals surface area contributed by atoms with Gasteiger partial charge in [-0.25, -0.2) is 4.79 Å². The Hall–Kier alpha value is -2.49. The Morgan fingerprint density at radius 2 is 1.47 bits per heavy atom. The van der Waals surface area contributed by atoms with Crippen LogP contribution in [0.1, 0.15) is 76.6 Å². The molecule has 0 saturated heterocycles. The first-order valence-corrected chi connectivity index (χ1v) is 11.2. The Labute approximate surface area is 181 Å². The van der Waals surface area contributed by atoms with Gasteiger partial charge < -0.3 is 14.2 Å². The second kappa shape index (κ2) is 12.9. The predicted octanol–water partition coefficient (Wildman–Crippen LogP) is 7.07. The van der Waals surface area contributed by atoms with Gasteiger partial charge in [0.1, 0.15) is 17.2 Å². The van der Waals surface area contributed by atoms with Crippen LogP contribution in [0.2, 0.25) is 0 Å². The van der Waals surface area contributed by atoms with E-state index in [0.29, 0.717) is 23.8 Å². The first kappa shape index (κ1) is 23.8. The van der Waals surface area contributed by atoms with Crippen molar-refractivity contribution in [3.63, 3.8) is 0 Å². The van der Waals surface area contributed by atoms with Crippen molar-refractivity contribution in [2.45, 2.75) is 72.3 Å². The van der Waals surface area contributed by atoms with E-state index in [9.17, 15) is 4.79 Å². The van der Waals surface area contributed by atoms with E-state index in [4.69, 9.17) is 14.2 Å². The smallest absolute Gasteiger partial charge is 0.343 e. The maximum absolute atomic E-state index is 12.4. The number of hydrogen-bond donors (Lipinski definition) is 0. The SMILES string of the molecule is CCCCCC[C@@H](C)Oc1ccc(C(=O)Oc2ccc(OC[C@@H](C)CC)cc2)cc1. The minimum Gasteiger partial charge on any atom is -0.493 e. The van der Waals surface area contributed by atoms with Gasteiger partial charge in [-0.15, -0.1) is 0 Å². The summed E-state index contributed by atoms with van der Waals surface area (Å²) in [6.07, 6.45) is 7.24. The molecule has 30 heavy (non-hydrogen) atoms. The third-order valence-corrected chi connectivity index (χ3v) is 5.16. The molecule has 0 aliphatic carbocycles. The molecule has 2 rings (SSSR count). The average Bonchev–Trinajstić information content (AvgIpc) is 2.76. The van der Waals surface area contributed by atoms with Crippen LogP contribution in [0.3, 0.4) is 0 Å². The van der Waals surface area contributed by atoms with Crippen molar-refractivity contribution in [1.29, 1.82) is 0 Å². The van der Waals surface area contributed by atoms with Crippen LogP contribution in [0.15, 0.2) is 48.5 Å². The van der Waals surface area contributed by atoms with Crippen LogP contribution in [0.25, 0.3) is 0 Å². The number of carbonyl (C=O) groups is 1. The number of hydrogen-bond acceptors (Lipinski definition) is 4. The fourth-order valence-corrected chi connectivity index (χ4v) is 2.95. The first-order chi connectivity index (χ1) is 14.5. The van der Waals surface area contributed by atoms with E-state index in [0.717, 1.165) is 24.3 Å². The molecule has 0 bridgehead atoms. The highest BCUT2D eigenvalue weighted by Crippen LogP contribution is 2.21. The Kier molecular flexibility index (Phi) is 10.3. The van der Waals surface area contributed by atoms with Crippen LogP contribution >= 0.6 is 0 Å². The van der Waals surface area contributed by atoms with Gasteiger partial charge in [-0.05, 0) is 74.2 Å². The fraction of sp³-hybridized carbons (Fsp3) is 0.500. The van der Waals surface area contributed by atoms with Crippen LogP contribution in [0, 0.1) is 5.92 Å². The zero-order valence-corrected chi connectivity index (χ0v) is 18.9. The van der Waals surface area contributed by atoms with Crippen molar-refractivity contribution >= 4 is 5.97 Å². The van der Waals surface area contributed by atoms with Gasteiger partial charge in [-0.1, -0.05) is 46.5 Å². The standard InChI is InChI=1S/C26H36O4/c1-5-7-8-9-10-21(4)29-24-13-11-22(12-14-24)26(27)30-25-17-15-23(16-18-25)28-19-20(3)6-2/h11-18,20-21H,5-10,19H2,1-4H3/t20-,21+/m0/s1. The summed E-state index contributed by atoms with van der Waals surface area (Å²) in [5.74, 6) is 2.18. The largest absolute Gasteiger partial charge is 0.493 e. The van der Waals surface area contributed by atoms with Gasteiger partial charge in [0.25, 0.3) is 0 Å². The first-order valence-electron chi connectivity index (χ1n) is 11.2. The monoisotopic (exact) mass is 412 g/mol. The van der Waals surface area contributed by atoms with Gasteiger partial charge in [-0.3, -0.25) is 0 Å². The molecule has 2 aromatic rings. The van der Waals surface area contributed by atoms with E-state index < -0.39 is 0 Å². The minimum atomic E-state index is -0.387. The van der Waals surface area contributed by atoms with E-state index in [1.165, 1.54) is 25.7 Å². The number of benzene rings is 2. The van der Waals surface area contributed by atoms with Gasteiger partial charge in [0, 0.05) is 0 Å². The molecule has 0 aliphatic rings. The third kappa shape index (κ3) is 8.48. The lowest BCUT2D eigenvalue weighted by Crippen LogP contribution is -2.12. The van der Waals surface area contributed by atoms with Crippen LogP contribution < -0.4 is 14.2 Å². The molecule has 4 nitrogen and oxygen atoms in total. The topological polar surface area (TPSA) is 44.8 Å². The summed E-state index contributed by atoms with van der Waals surface area (Å²) in [7, 11) is 0. The molecular formula is C26H36O4. The van der Waals surface area contributed by atoms with Gasteiger partial charge >= 0.3 is 5.97 Å². The van der Waals surface area contributed by atoms with Gasteiger partial charge in [0.15, 0.2) is 0 Å². The van der Waals surface area contributed by atoms with Crippen molar-refractivity contribution in [3.05, 3.63) is 54.1 Å². The molecule has 0 radical (unpaired) electrons. The molecule has 0 fully saturated rings. The zero-order valence-electron chi connectivity index (χ0n) is 18.9. The van der Waals surface area contributed by atoms with Crippen LogP contribution in [0.4, 0.5) is 0 Å². The van der Waals surface area contributed by atoms with Gasteiger partial charge in [-0.2, -0.15) is 0 Å². The Balaban J connectivity index is 1.81. The number of esters is 1. The minimum absolute atomic E-state index is 0.167. The van der Waals surface area contributed by atoms with E-state index in [1.54, 1.807) is 24.3 Å². The molecule has 0 spiro atoms. The van der Waals surface area contributed by atoms with Crippen LogP contribution in [-0.2, 0) is 0 Å². The highest BCUT2D eigenvalue weighted by atomic mass is 16.5. The molecule has 4 heteroatoms. The molecular weight excluding hydrogens is 376 g/mol. The van der Waals surface area contributed by atoms with E-state index in [1.807, 2.05) is 24.3 Å². The van der Waals surface area contributed by atoms with Gasteiger partial charge in [0.05, 0.1) is 18.3 Å². The second-order valence-corrected chi connectivity index (χ2v) is 7.99. The van der Waals surface area contributed by atoms with E-state index in [2.05, 4.69) is 27.7 Å². The lowest BCUT2D eigenvalue weighted by molar-refractivity contribution is 0.0734. The average molecular weight is 413 g/mol. The predicted molar refractivity (Wildman–Crippen MR) is 122 cm³/mol. The Morgan fingerprint density at radius 1 is 0.833 bits per heavy atom. The molecule has 2 aromatic carbocycles. The van der Waals surface area contributed by atoms with Crippen molar-refractivity contribution in [3.8, 4) is 17.2 Å². The summed E-state index contributed by atoms with van der Waals surface area (Å²) in [4.78, 5) is 12.4. The third-order valence-electron chi connectivity index (χ3n) is 5.16. The Morgan fingerprint density at radius 3 is 2.10 bits per heavy atom. The summed E-state index contributed by atoms with van der Waals surface area (Å²) in [6.45, 7) is 9.28. The fourth-order valence-electron chi connectivity index (χ4n) is 2.95. The molecule has 0 unspecified atom stereocenters. The molecule has 164 valence electrons. The second-order valence-electron chi connectivity index (χ2n) is 7.99. The lowest BCUT2D eigenvalue weighted by Gasteiger charge is -2.15. The normalized spacial score (nSPS) is 12.8.